The maximum absolute atomic E-state index is 11.7. The highest BCUT2D eigenvalue weighted by Gasteiger charge is 2.12. The number of carbonyl (C=O) groups is 1. The number of hydrogen-bond acceptors (Lipinski definition) is 6. The molecule has 0 unspecified atom stereocenters. The Kier molecular flexibility index (Phi) is 6.01. The Morgan fingerprint density at radius 1 is 1.00 bits per heavy atom. The summed E-state index contributed by atoms with van der Waals surface area (Å²) in [6.45, 7) is 4.50. The highest BCUT2D eigenvalue weighted by atomic mass is 16.5. The number of rotatable bonds is 6. The van der Waals surface area contributed by atoms with Crippen molar-refractivity contribution in [2.75, 3.05) is 38.7 Å². The zero-order valence-corrected chi connectivity index (χ0v) is 18.5. The minimum Gasteiger partial charge on any atom is -0.379 e. The number of morpholine rings is 1. The molecule has 5 rings (SSSR count). The fourth-order valence-electron chi connectivity index (χ4n) is 3.95. The van der Waals surface area contributed by atoms with Gasteiger partial charge in [-0.3, -0.25) is 9.69 Å². The van der Waals surface area contributed by atoms with Crippen LogP contribution in [0, 0.1) is 0 Å². The SMILES string of the molecule is CNC(=O)c1ccc(Nc2nc3cccc(-c4ccc(CN5CCOCC5)cc4)n3n2)cc1. The summed E-state index contributed by atoms with van der Waals surface area (Å²) in [6, 6.07) is 21.8. The number of benzene rings is 2. The van der Waals surface area contributed by atoms with E-state index in [1.165, 1.54) is 5.56 Å². The summed E-state index contributed by atoms with van der Waals surface area (Å²) in [5, 5.41) is 10.5. The molecule has 168 valence electrons. The number of aromatic nitrogens is 3. The van der Waals surface area contributed by atoms with Crippen LogP contribution < -0.4 is 10.6 Å². The van der Waals surface area contributed by atoms with Crippen LogP contribution in [0.5, 0.6) is 0 Å². The average Bonchev–Trinajstić information content (AvgIpc) is 3.28. The molecule has 33 heavy (non-hydrogen) atoms. The average molecular weight is 443 g/mol. The van der Waals surface area contributed by atoms with Gasteiger partial charge in [-0.25, -0.2) is 4.52 Å². The van der Waals surface area contributed by atoms with E-state index in [4.69, 9.17) is 4.74 Å². The molecule has 2 N–H and O–H groups in total. The van der Waals surface area contributed by atoms with Crippen LogP contribution in [0.3, 0.4) is 0 Å². The Labute approximate surface area is 192 Å². The van der Waals surface area contributed by atoms with Crippen molar-refractivity contribution < 1.29 is 9.53 Å². The molecule has 8 heteroatoms. The van der Waals surface area contributed by atoms with Gasteiger partial charge in [0, 0.05) is 43.5 Å². The molecule has 0 spiro atoms. The first-order valence-corrected chi connectivity index (χ1v) is 11.0. The molecule has 1 aliphatic rings. The monoisotopic (exact) mass is 442 g/mol. The van der Waals surface area contributed by atoms with E-state index in [1.54, 1.807) is 19.2 Å². The van der Waals surface area contributed by atoms with Gasteiger partial charge in [0.25, 0.3) is 5.91 Å². The Hall–Kier alpha value is -3.75. The third kappa shape index (κ3) is 4.72. The minimum atomic E-state index is -0.118. The van der Waals surface area contributed by atoms with Crippen LogP contribution >= 0.6 is 0 Å². The lowest BCUT2D eigenvalue weighted by molar-refractivity contribution is 0.0342. The van der Waals surface area contributed by atoms with Gasteiger partial charge in [-0.05, 0) is 42.0 Å². The Bertz CT molecular complexity index is 1240. The maximum Gasteiger partial charge on any atom is 0.251 e. The first-order chi connectivity index (χ1) is 16.2. The molecule has 1 saturated heterocycles. The summed E-state index contributed by atoms with van der Waals surface area (Å²) in [4.78, 5) is 18.7. The number of ether oxygens (including phenoxy) is 1. The molecule has 1 amide bonds. The minimum absolute atomic E-state index is 0.118. The van der Waals surface area contributed by atoms with Crippen molar-refractivity contribution in [3.05, 3.63) is 77.9 Å². The molecule has 1 aliphatic heterocycles. The van der Waals surface area contributed by atoms with Gasteiger partial charge >= 0.3 is 0 Å². The second kappa shape index (κ2) is 9.40. The van der Waals surface area contributed by atoms with Crippen molar-refractivity contribution in [2.24, 2.45) is 0 Å². The Morgan fingerprint density at radius 3 is 2.48 bits per heavy atom. The molecule has 0 atom stereocenters. The Morgan fingerprint density at radius 2 is 1.76 bits per heavy atom. The molecule has 1 fully saturated rings. The van der Waals surface area contributed by atoms with Crippen molar-refractivity contribution in [1.29, 1.82) is 0 Å². The first-order valence-electron chi connectivity index (χ1n) is 11.0. The van der Waals surface area contributed by atoms with Crippen molar-refractivity contribution in [3.8, 4) is 11.3 Å². The lowest BCUT2D eigenvalue weighted by atomic mass is 10.1. The summed E-state index contributed by atoms with van der Waals surface area (Å²) in [5.74, 6) is 0.382. The molecule has 0 saturated carbocycles. The second-order valence-electron chi connectivity index (χ2n) is 7.98. The van der Waals surface area contributed by atoms with E-state index in [2.05, 4.69) is 49.9 Å². The van der Waals surface area contributed by atoms with Crippen LogP contribution in [0.4, 0.5) is 11.6 Å². The number of hydrogen-bond donors (Lipinski definition) is 2. The lowest BCUT2D eigenvalue weighted by Gasteiger charge is -2.26. The fraction of sp³-hybridized carbons (Fsp3) is 0.240. The summed E-state index contributed by atoms with van der Waals surface area (Å²) in [5.41, 5.74) is 5.51. The van der Waals surface area contributed by atoms with Crippen molar-refractivity contribution >= 4 is 23.2 Å². The number of nitrogens with zero attached hydrogens (tertiary/aromatic N) is 4. The van der Waals surface area contributed by atoms with Crippen LogP contribution in [-0.4, -0.2) is 58.8 Å². The van der Waals surface area contributed by atoms with E-state index in [0.717, 1.165) is 55.4 Å². The third-order valence-corrected chi connectivity index (χ3v) is 5.75. The zero-order chi connectivity index (χ0) is 22.6. The molecule has 3 heterocycles. The molecular weight excluding hydrogens is 416 g/mol. The summed E-state index contributed by atoms with van der Waals surface area (Å²) >= 11 is 0. The normalized spacial score (nSPS) is 14.3. The summed E-state index contributed by atoms with van der Waals surface area (Å²) < 4.78 is 7.28. The highest BCUT2D eigenvalue weighted by molar-refractivity contribution is 5.94. The van der Waals surface area contributed by atoms with Crippen LogP contribution in [0.2, 0.25) is 0 Å². The second-order valence-corrected chi connectivity index (χ2v) is 7.98. The zero-order valence-electron chi connectivity index (χ0n) is 18.5. The van der Waals surface area contributed by atoms with E-state index < -0.39 is 0 Å². The van der Waals surface area contributed by atoms with Gasteiger partial charge in [-0.15, -0.1) is 5.10 Å². The number of amides is 1. The fourth-order valence-corrected chi connectivity index (χ4v) is 3.95. The summed E-state index contributed by atoms with van der Waals surface area (Å²) in [6.07, 6.45) is 0. The van der Waals surface area contributed by atoms with Gasteiger partial charge in [0.05, 0.1) is 18.9 Å². The van der Waals surface area contributed by atoms with Crippen LogP contribution in [0.1, 0.15) is 15.9 Å². The molecule has 0 radical (unpaired) electrons. The van der Waals surface area contributed by atoms with Gasteiger partial charge in [0.15, 0.2) is 5.65 Å². The van der Waals surface area contributed by atoms with Crippen molar-refractivity contribution in [1.82, 2.24) is 24.8 Å². The van der Waals surface area contributed by atoms with E-state index in [0.29, 0.717) is 11.5 Å². The van der Waals surface area contributed by atoms with E-state index in [1.807, 2.05) is 34.8 Å². The largest absolute Gasteiger partial charge is 0.379 e. The molecule has 0 aliphatic carbocycles. The van der Waals surface area contributed by atoms with Gasteiger partial charge in [-0.2, -0.15) is 4.98 Å². The first kappa shape index (κ1) is 21.1. The van der Waals surface area contributed by atoms with E-state index >= 15 is 0 Å². The smallest absolute Gasteiger partial charge is 0.251 e. The summed E-state index contributed by atoms with van der Waals surface area (Å²) in [7, 11) is 1.62. The van der Waals surface area contributed by atoms with Gasteiger partial charge in [-0.1, -0.05) is 30.3 Å². The molecule has 4 aromatic rings. The quantitative estimate of drug-likeness (QED) is 0.477. The molecule has 0 bridgehead atoms. The lowest BCUT2D eigenvalue weighted by Crippen LogP contribution is -2.35. The standard InChI is InChI=1S/C25H26N6O2/c1-26-24(32)20-9-11-21(12-10-20)27-25-28-23-4-2-3-22(31(23)29-25)19-7-5-18(6-8-19)17-30-13-15-33-16-14-30/h2-12H,13-17H2,1H3,(H,26,32)(H,27,29). The Balaban J connectivity index is 1.35. The van der Waals surface area contributed by atoms with Gasteiger partial charge in [0.2, 0.25) is 5.95 Å². The van der Waals surface area contributed by atoms with E-state index in [-0.39, 0.29) is 5.91 Å². The maximum atomic E-state index is 11.7. The van der Waals surface area contributed by atoms with Gasteiger partial charge < -0.3 is 15.4 Å². The predicted molar refractivity (Wildman–Crippen MR) is 128 cm³/mol. The highest BCUT2D eigenvalue weighted by Crippen LogP contribution is 2.23. The van der Waals surface area contributed by atoms with Crippen LogP contribution in [0.25, 0.3) is 16.9 Å². The van der Waals surface area contributed by atoms with E-state index in [9.17, 15) is 4.79 Å². The van der Waals surface area contributed by atoms with Gasteiger partial charge in [0.1, 0.15) is 0 Å². The molecule has 8 nitrogen and oxygen atoms in total. The topological polar surface area (TPSA) is 83.8 Å². The van der Waals surface area contributed by atoms with Crippen molar-refractivity contribution in [2.45, 2.75) is 6.54 Å². The number of fused-ring (bicyclic) bond motifs is 1. The number of anilines is 2. The number of pyridine rings is 1. The molecule has 2 aromatic carbocycles. The van der Waals surface area contributed by atoms with Crippen LogP contribution in [0.15, 0.2) is 66.7 Å². The third-order valence-electron chi connectivity index (χ3n) is 5.75. The number of nitrogens with one attached hydrogen (secondary N) is 2. The number of carbonyl (C=O) groups excluding carboxylic acids is 1. The molecular formula is C25H26N6O2. The molecule has 2 aromatic heterocycles. The van der Waals surface area contributed by atoms with Crippen LogP contribution in [-0.2, 0) is 11.3 Å². The van der Waals surface area contributed by atoms with Crippen molar-refractivity contribution in [3.63, 3.8) is 0 Å². The predicted octanol–water partition coefficient (Wildman–Crippen LogP) is 3.33.